The predicted molar refractivity (Wildman–Crippen MR) is 165 cm³/mol. The first kappa shape index (κ1) is 31.3. The average molecular weight is 638 g/mol. The van der Waals surface area contributed by atoms with Crippen LogP contribution in [0.25, 0.3) is 0 Å². The third-order valence-corrected chi connectivity index (χ3v) is 10.8. The van der Waals surface area contributed by atoms with Gasteiger partial charge in [-0.3, -0.25) is 4.79 Å². The second-order valence-electron chi connectivity index (χ2n) is 10.3. The monoisotopic (exact) mass is 637 g/mol. The molecule has 4 aromatic rings. The maximum atomic E-state index is 13.8. The second-order valence-corrected chi connectivity index (χ2v) is 14.2. The number of para-hydroxylation sites is 1. The number of amides is 1. The van der Waals surface area contributed by atoms with Crippen molar-refractivity contribution in [3.8, 4) is 11.5 Å². The fraction of sp³-hybridized carbons (Fsp3) is 0.219. The molecule has 1 heterocycles. The van der Waals surface area contributed by atoms with Gasteiger partial charge < -0.3 is 10.1 Å². The Hall–Kier alpha value is -4.10. The largest absolute Gasteiger partial charge is 0.457 e. The Morgan fingerprint density at radius 1 is 0.750 bits per heavy atom. The minimum absolute atomic E-state index is 0.000804. The van der Waals surface area contributed by atoms with Crippen molar-refractivity contribution < 1.29 is 30.8 Å². The van der Waals surface area contributed by atoms with Crippen LogP contribution in [0.5, 0.6) is 11.5 Å². The van der Waals surface area contributed by atoms with Crippen LogP contribution in [0, 0.1) is 5.82 Å². The highest BCUT2D eigenvalue weighted by molar-refractivity contribution is 7.89. The third kappa shape index (κ3) is 7.69. The summed E-state index contributed by atoms with van der Waals surface area (Å²) < 4.78 is 75.3. The van der Waals surface area contributed by atoms with E-state index >= 15 is 0 Å². The molecule has 1 amide bonds. The highest BCUT2D eigenvalue weighted by Gasteiger charge is 2.30. The summed E-state index contributed by atoms with van der Waals surface area (Å²) in [6, 6.07) is 26.1. The molecule has 1 aliphatic rings. The minimum Gasteiger partial charge on any atom is -0.457 e. The standard InChI is InChI=1S/C32H32FN3O6S2/c33-26-11-9-25(10-12-26)23-36(24-32(37)34-27-13-15-29(16-14-27)42-28-7-3-1-4-8-28)44(40,41)31-19-17-30(18-20-31)43(38,39)35-21-5-2-6-22-35/h1,3-4,7-20H,2,5-6,21-24H2,(H,34,37). The first-order chi connectivity index (χ1) is 21.1. The van der Waals surface area contributed by atoms with Gasteiger partial charge in [-0.15, -0.1) is 0 Å². The number of nitrogens with one attached hydrogen (secondary N) is 1. The van der Waals surface area contributed by atoms with E-state index in [0.717, 1.165) is 23.6 Å². The lowest BCUT2D eigenvalue weighted by Crippen LogP contribution is -2.37. The molecule has 1 saturated heterocycles. The molecule has 1 aliphatic heterocycles. The number of halogens is 1. The number of ether oxygens (including phenoxy) is 1. The van der Waals surface area contributed by atoms with Gasteiger partial charge in [-0.25, -0.2) is 21.2 Å². The Bertz CT molecular complexity index is 1780. The van der Waals surface area contributed by atoms with Crippen molar-refractivity contribution in [2.75, 3.05) is 25.0 Å². The van der Waals surface area contributed by atoms with E-state index < -0.39 is 38.3 Å². The first-order valence-electron chi connectivity index (χ1n) is 14.1. The second kappa shape index (κ2) is 13.7. The van der Waals surface area contributed by atoms with E-state index in [1.165, 1.54) is 52.8 Å². The SMILES string of the molecule is O=C(CN(Cc1ccc(F)cc1)S(=O)(=O)c1ccc(S(=O)(=O)N2CCCCC2)cc1)Nc1ccc(Oc2ccccc2)cc1. The molecule has 0 radical (unpaired) electrons. The summed E-state index contributed by atoms with van der Waals surface area (Å²) in [4.78, 5) is 12.9. The van der Waals surface area contributed by atoms with Crippen LogP contribution in [-0.4, -0.2) is 51.0 Å². The summed E-state index contributed by atoms with van der Waals surface area (Å²) in [6.45, 7) is 0.0843. The molecule has 0 aliphatic carbocycles. The number of hydrogen-bond donors (Lipinski definition) is 1. The van der Waals surface area contributed by atoms with Gasteiger partial charge in [0.15, 0.2) is 0 Å². The Kier molecular flexibility index (Phi) is 9.74. The molecule has 44 heavy (non-hydrogen) atoms. The Morgan fingerprint density at radius 2 is 1.34 bits per heavy atom. The van der Waals surface area contributed by atoms with Gasteiger partial charge in [-0.05, 0) is 91.2 Å². The van der Waals surface area contributed by atoms with Crippen LogP contribution >= 0.6 is 0 Å². The van der Waals surface area contributed by atoms with E-state index in [-0.39, 0.29) is 16.3 Å². The topological polar surface area (TPSA) is 113 Å². The van der Waals surface area contributed by atoms with Gasteiger partial charge >= 0.3 is 0 Å². The maximum Gasteiger partial charge on any atom is 0.243 e. The number of hydrogen-bond acceptors (Lipinski definition) is 6. The molecule has 0 spiro atoms. The molecule has 12 heteroatoms. The summed E-state index contributed by atoms with van der Waals surface area (Å²) >= 11 is 0. The lowest BCUT2D eigenvalue weighted by Gasteiger charge is -2.26. The molecule has 230 valence electrons. The van der Waals surface area contributed by atoms with Crippen LogP contribution in [0.15, 0.2) is 113 Å². The van der Waals surface area contributed by atoms with Crippen molar-refractivity contribution in [1.29, 1.82) is 0 Å². The van der Waals surface area contributed by atoms with Crippen molar-refractivity contribution in [3.05, 3.63) is 115 Å². The molecule has 0 saturated carbocycles. The third-order valence-electron chi connectivity index (χ3n) is 7.12. The number of piperidine rings is 1. The van der Waals surface area contributed by atoms with E-state index in [4.69, 9.17) is 4.74 Å². The van der Waals surface area contributed by atoms with E-state index in [1.807, 2.05) is 30.3 Å². The number of anilines is 1. The van der Waals surface area contributed by atoms with Gasteiger partial charge in [-0.2, -0.15) is 8.61 Å². The zero-order chi connectivity index (χ0) is 31.2. The van der Waals surface area contributed by atoms with Gasteiger partial charge in [0.25, 0.3) is 0 Å². The van der Waals surface area contributed by atoms with Crippen LogP contribution in [0.3, 0.4) is 0 Å². The average Bonchev–Trinajstić information content (AvgIpc) is 3.03. The molecule has 1 fully saturated rings. The minimum atomic E-state index is -4.27. The summed E-state index contributed by atoms with van der Waals surface area (Å²) in [5.74, 6) is 0.131. The zero-order valence-corrected chi connectivity index (χ0v) is 25.4. The highest BCUT2D eigenvalue weighted by Crippen LogP contribution is 2.25. The van der Waals surface area contributed by atoms with Crippen molar-refractivity contribution in [2.45, 2.75) is 35.6 Å². The quantitative estimate of drug-likeness (QED) is 0.228. The molecular formula is C32H32FN3O6S2. The number of nitrogens with zero attached hydrogens (tertiary/aromatic N) is 2. The number of benzene rings is 4. The van der Waals surface area contributed by atoms with Gasteiger partial charge in [0.1, 0.15) is 17.3 Å². The van der Waals surface area contributed by atoms with Crippen molar-refractivity contribution >= 4 is 31.6 Å². The van der Waals surface area contributed by atoms with E-state index in [9.17, 15) is 26.0 Å². The van der Waals surface area contributed by atoms with Crippen LogP contribution in [0.1, 0.15) is 24.8 Å². The number of rotatable bonds is 11. The summed E-state index contributed by atoms with van der Waals surface area (Å²) in [5.41, 5.74) is 0.899. The Balaban J connectivity index is 1.33. The fourth-order valence-electron chi connectivity index (χ4n) is 4.80. The molecule has 9 nitrogen and oxygen atoms in total. The molecule has 0 bridgehead atoms. The number of carbonyl (C=O) groups excluding carboxylic acids is 1. The van der Waals surface area contributed by atoms with E-state index in [0.29, 0.717) is 35.8 Å². The molecule has 4 aromatic carbocycles. The molecular weight excluding hydrogens is 605 g/mol. The zero-order valence-electron chi connectivity index (χ0n) is 23.8. The normalized spacial score (nSPS) is 14.3. The smallest absolute Gasteiger partial charge is 0.243 e. The van der Waals surface area contributed by atoms with Gasteiger partial charge in [0.2, 0.25) is 26.0 Å². The summed E-state index contributed by atoms with van der Waals surface area (Å²) in [6.07, 6.45) is 2.52. The predicted octanol–water partition coefficient (Wildman–Crippen LogP) is 5.62. The van der Waals surface area contributed by atoms with Crippen LogP contribution in [0.2, 0.25) is 0 Å². The van der Waals surface area contributed by atoms with E-state index in [2.05, 4.69) is 5.32 Å². The molecule has 5 rings (SSSR count). The Labute approximate surface area is 257 Å². The Morgan fingerprint density at radius 3 is 1.98 bits per heavy atom. The fourth-order valence-corrected chi connectivity index (χ4v) is 7.70. The highest BCUT2D eigenvalue weighted by atomic mass is 32.2. The van der Waals surface area contributed by atoms with Gasteiger partial charge in [0.05, 0.1) is 16.3 Å². The van der Waals surface area contributed by atoms with Gasteiger partial charge in [0, 0.05) is 25.3 Å². The van der Waals surface area contributed by atoms with E-state index in [1.54, 1.807) is 24.3 Å². The maximum absolute atomic E-state index is 13.8. The van der Waals surface area contributed by atoms with Crippen LogP contribution in [-0.2, 0) is 31.4 Å². The van der Waals surface area contributed by atoms with Crippen LogP contribution in [0.4, 0.5) is 10.1 Å². The van der Waals surface area contributed by atoms with Crippen molar-refractivity contribution in [1.82, 2.24) is 8.61 Å². The van der Waals surface area contributed by atoms with Crippen LogP contribution < -0.4 is 10.1 Å². The summed E-state index contributed by atoms with van der Waals surface area (Å²) in [7, 11) is -8.03. The summed E-state index contributed by atoms with van der Waals surface area (Å²) in [5, 5.41) is 2.70. The van der Waals surface area contributed by atoms with Crippen molar-refractivity contribution in [3.63, 3.8) is 0 Å². The number of sulfonamides is 2. The molecule has 0 aromatic heterocycles. The first-order valence-corrected chi connectivity index (χ1v) is 17.0. The molecule has 1 N–H and O–H groups in total. The molecule has 0 unspecified atom stereocenters. The number of carbonyl (C=O) groups is 1. The van der Waals surface area contributed by atoms with Gasteiger partial charge in [-0.1, -0.05) is 36.8 Å². The lowest BCUT2D eigenvalue weighted by molar-refractivity contribution is -0.116. The van der Waals surface area contributed by atoms with Crippen molar-refractivity contribution in [2.24, 2.45) is 0 Å². The molecule has 0 atom stereocenters. The lowest BCUT2D eigenvalue weighted by atomic mass is 10.2.